The van der Waals surface area contributed by atoms with Gasteiger partial charge in [-0.25, -0.2) is 0 Å². The van der Waals surface area contributed by atoms with Crippen LogP contribution in [-0.2, 0) is 11.2 Å². The van der Waals surface area contributed by atoms with E-state index >= 15 is 0 Å². The highest BCUT2D eigenvalue weighted by Crippen LogP contribution is 2.29. The molecular weight excluding hydrogens is 214 g/mol. The normalized spacial score (nSPS) is 23.1. The molecule has 0 heterocycles. The fourth-order valence-electron chi connectivity index (χ4n) is 2.37. The minimum Gasteiger partial charge on any atom is -0.346 e. The van der Waals surface area contributed by atoms with Crippen molar-refractivity contribution in [1.82, 2.24) is 5.32 Å². The summed E-state index contributed by atoms with van der Waals surface area (Å²) < 4.78 is 0. The van der Waals surface area contributed by atoms with Gasteiger partial charge in [-0.15, -0.1) is 0 Å². The van der Waals surface area contributed by atoms with E-state index in [1.165, 1.54) is 0 Å². The van der Waals surface area contributed by atoms with Crippen molar-refractivity contribution in [2.24, 2.45) is 5.92 Å². The summed E-state index contributed by atoms with van der Waals surface area (Å²) in [6.45, 7) is 0. The molecule has 1 aromatic rings. The maximum Gasteiger partial charge on any atom is 0.223 e. The van der Waals surface area contributed by atoms with E-state index in [0.717, 1.165) is 36.8 Å². The molecule has 2 aliphatic rings. The molecule has 3 rings (SSSR count). The molecule has 3 nitrogen and oxygen atoms in total. The molecular formula is C14H15NO2. The molecule has 0 spiro atoms. The van der Waals surface area contributed by atoms with Gasteiger partial charge in [0, 0.05) is 11.5 Å². The predicted molar refractivity (Wildman–Crippen MR) is 63.7 cm³/mol. The Morgan fingerprint density at radius 1 is 1.18 bits per heavy atom. The third-order valence-corrected chi connectivity index (χ3v) is 3.57. The fraction of sp³-hybridized carbons (Fsp3) is 0.429. The molecule has 2 aliphatic carbocycles. The van der Waals surface area contributed by atoms with Gasteiger partial charge in [-0.1, -0.05) is 24.3 Å². The zero-order valence-electron chi connectivity index (χ0n) is 9.61. The summed E-state index contributed by atoms with van der Waals surface area (Å²) in [7, 11) is 0. The summed E-state index contributed by atoms with van der Waals surface area (Å²) in [6.07, 6.45) is 3.55. The van der Waals surface area contributed by atoms with Gasteiger partial charge < -0.3 is 5.32 Å². The highest BCUT2D eigenvalue weighted by Gasteiger charge is 2.34. The van der Waals surface area contributed by atoms with Crippen LogP contribution in [0.25, 0.3) is 0 Å². The van der Waals surface area contributed by atoms with E-state index in [1.54, 1.807) is 0 Å². The number of ketones is 1. The number of benzene rings is 1. The summed E-state index contributed by atoms with van der Waals surface area (Å²) in [5, 5.41) is 2.88. The predicted octanol–water partition coefficient (Wildman–Crippen LogP) is 1.71. The maximum atomic E-state index is 12.2. The second kappa shape index (κ2) is 3.99. The Morgan fingerprint density at radius 2 is 1.94 bits per heavy atom. The van der Waals surface area contributed by atoms with Crippen LogP contribution in [0, 0.1) is 5.92 Å². The molecule has 88 valence electrons. The number of aryl methyl sites for hydroxylation is 1. The lowest BCUT2D eigenvalue weighted by molar-refractivity contribution is -0.122. The summed E-state index contributed by atoms with van der Waals surface area (Å²) in [5.41, 5.74) is 1.88. The summed E-state index contributed by atoms with van der Waals surface area (Å²) in [6, 6.07) is 7.37. The molecule has 0 aromatic heterocycles. The van der Waals surface area contributed by atoms with Crippen molar-refractivity contribution in [2.75, 3.05) is 0 Å². The molecule has 1 amide bonds. The van der Waals surface area contributed by atoms with Gasteiger partial charge in [-0.2, -0.15) is 0 Å². The number of Topliss-reactive ketones (excluding diaryl/α,β-unsaturated/α-hetero) is 1. The number of amides is 1. The van der Waals surface area contributed by atoms with Gasteiger partial charge in [0.1, 0.15) is 0 Å². The van der Waals surface area contributed by atoms with Gasteiger partial charge in [0.2, 0.25) is 5.91 Å². The van der Waals surface area contributed by atoms with E-state index in [2.05, 4.69) is 5.32 Å². The Bertz CT molecular complexity index is 477. The van der Waals surface area contributed by atoms with Crippen LogP contribution in [-0.4, -0.2) is 17.7 Å². The van der Waals surface area contributed by atoms with E-state index in [1.807, 2.05) is 24.3 Å². The van der Waals surface area contributed by atoms with Crippen LogP contribution < -0.4 is 5.32 Å². The third-order valence-electron chi connectivity index (χ3n) is 3.57. The molecule has 0 saturated heterocycles. The van der Waals surface area contributed by atoms with Gasteiger partial charge in [0.25, 0.3) is 0 Å². The van der Waals surface area contributed by atoms with Gasteiger partial charge in [0.15, 0.2) is 5.78 Å². The lowest BCUT2D eigenvalue weighted by atomic mass is 9.87. The third kappa shape index (κ3) is 1.97. The minimum atomic E-state index is -0.307. The molecule has 1 atom stereocenters. The first kappa shape index (κ1) is 10.5. The maximum absolute atomic E-state index is 12.2. The van der Waals surface area contributed by atoms with Crippen LogP contribution in [0.4, 0.5) is 0 Å². The van der Waals surface area contributed by atoms with E-state index in [-0.39, 0.29) is 23.7 Å². The summed E-state index contributed by atoms with van der Waals surface area (Å²) in [4.78, 5) is 23.8. The first-order valence-electron chi connectivity index (χ1n) is 6.18. The number of hydrogen-bond donors (Lipinski definition) is 1. The summed E-state index contributed by atoms with van der Waals surface area (Å²) >= 11 is 0. The lowest BCUT2D eigenvalue weighted by Gasteiger charge is -2.24. The Kier molecular flexibility index (Phi) is 2.46. The number of carbonyl (C=O) groups excluding carboxylic acids is 2. The van der Waals surface area contributed by atoms with Gasteiger partial charge in [-0.05, 0) is 31.2 Å². The van der Waals surface area contributed by atoms with Crippen LogP contribution in [0.1, 0.15) is 35.2 Å². The van der Waals surface area contributed by atoms with Gasteiger partial charge >= 0.3 is 0 Å². The lowest BCUT2D eigenvalue weighted by Crippen LogP contribution is -2.44. The molecule has 1 fully saturated rings. The van der Waals surface area contributed by atoms with E-state index < -0.39 is 0 Å². The van der Waals surface area contributed by atoms with Gasteiger partial charge in [-0.3, -0.25) is 9.59 Å². The van der Waals surface area contributed by atoms with Crippen LogP contribution in [0.15, 0.2) is 24.3 Å². The van der Waals surface area contributed by atoms with Crippen molar-refractivity contribution in [3.63, 3.8) is 0 Å². The second-order valence-corrected chi connectivity index (χ2v) is 4.90. The minimum absolute atomic E-state index is 0.0581. The zero-order chi connectivity index (χ0) is 11.8. The Morgan fingerprint density at radius 3 is 2.71 bits per heavy atom. The zero-order valence-corrected chi connectivity index (χ0v) is 9.61. The molecule has 1 N–H and O–H groups in total. The van der Waals surface area contributed by atoms with Crippen LogP contribution >= 0.6 is 0 Å². The SMILES string of the molecule is O=C(NC1CCc2ccccc2C1=O)C1CC1. The van der Waals surface area contributed by atoms with Crippen molar-refractivity contribution in [1.29, 1.82) is 0 Å². The average Bonchev–Trinajstić information content (AvgIpc) is 3.17. The number of hydrogen-bond acceptors (Lipinski definition) is 2. The molecule has 1 aromatic carbocycles. The smallest absolute Gasteiger partial charge is 0.223 e. The molecule has 0 aliphatic heterocycles. The van der Waals surface area contributed by atoms with Crippen LogP contribution in [0.5, 0.6) is 0 Å². The molecule has 1 saturated carbocycles. The first-order chi connectivity index (χ1) is 8.25. The molecule has 17 heavy (non-hydrogen) atoms. The highest BCUT2D eigenvalue weighted by molar-refractivity contribution is 6.04. The first-order valence-corrected chi connectivity index (χ1v) is 6.18. The molecule has 3 heteroatoms. The fourth-order valence-corrected chi connectivity index (χ4v) is 2.37. The van der Waals surface area contributed by atoms with E-state index in [4.69, 9.17) is 0 Å². The topological polar surface area (TPSA) is 46.2 Å². The Hall–Kier alpha value is -1.64. The monoisotopic (exact) mass is 229 g/mol. The van der Waals surface area contributed by atoms with Crippen molar-refractivity contribution in [3.8, 4) is 0 Å². The number of rotatable bonds is 2. The van der Waals surface area contributed by atoms with Crippen molar-refractivity contribution in [2.45, 2.75) is 31.7 Å². The quantitative estimate of drug-likeness (QED) is 0.839. The average molecular weight is 229 g/mol. The summed E-state index contributed by atoms with van der Waals surface area (Å²) in [5.74, 6) is 0.295. The molecule has 0 bridgehead atoms. The van der Waals surface area contributed by atoms with Crippen molar-refractivity contribution >= 4 is 11.7 Å². The largest absolute Gasteiger partial charge is 0.346 e. The van der Waals surface area contributed by atoms with E-state index in [0.29, 0.717) is 0 Å². The number of carbonyl (C=O) groups is 2. The van der Waals surface area contributed by atoms with Crippen molar-refractivity contribution in [3.05, 3.63) is 35.4 Å². The highest BCUT2D eigenvalue weighted by atomic mass is 16.2. The van der Waals surface area contributed by atoms with Crippen molar-refractivity contribution < 1.29 is 9.59 Å². The Balaban J connectivity index is 1.77. The van der Waals surface area contributed by atoms with E-state index in [9.17, 15) is 9.59 Å². The Labute approximate surface area is 100 Å². The van der Waals surface area contributed by atoms with Crippen LogP contribution in [0.3, 0.4) is 0 Å². The number of nitrogens with one attached hydrogen (secondary N) is 1. The van der Waals surface area contributed by atoms with Gasteiger partial charge in [0.05, 0.1) is 6.04 Å². The molecule has 0 radical (unpaired) electrons. The van der Waals surface area contributed by atoms with Crippen LogP contribution in [0.2, 0.25) is 0 Å². The number of fused-ring (bicyclic) bond motifs is 1. The molecule has 1 unspecified atom stereocenters. The second-order valence-electron chi connectivity index (χ2n) is 4.90. The standard InChI is InChI=1S/C14H15NO2/c16-13-11-4-2-1-3-9(11)7-8-12(13)15-14(17)10-5-6-10/h1-4,10,12H,5-8H2,(H,15,17).